The Kier molecular flexibility index (Phi) is 3.03. The first kappa shape index (κ1) is 12.5. The second kappa shape index (κ2) is 4.85. The Morgan fingerprint density at radius 3 is 2.20 bits per heavy atom. The predicted octanol–water partition coefficient (Wildman–Crippen LogP) is 3.88. The molecule has 0 aliphatic heterocycles. The summed E-state index contributed by atoms with van der Waals surface area (Å²) in [5.41, 5.74) is 0.822. The van der Waals surface area contributed by atoms with Gasteiger partial charge in [0, 0.05) is 5.69 Å². The monoisotopic (exact) mass is 265 g/mol. The molecule has 3 nitrogen and oxygen atoms in total. The second-order valence-corrected chi connectivity index (χ2v) is 4.97. The summed E-state index contributed by atoms with van der Waals surface area (Å²) >= 11 is 0. The Hall–Kier alpha value is -2.55. The van der Waals surface area contributed by atoms with Crippen LogP contribution in [-0.4, -0.2) is 17.1 Å². The van der Waals surface area contributed by atoms with Crippen LogP contribution >= 0.6 is 0 Å². The van der Waals surface area contributed by atoms with E-state index in [0.717, 1.165) is 16.5 Å². The molecule has 0 aliphatic carbocycles. The predicted molar refractivity (Wildman–Crippen MR) is 82.2 cm³/mol. The van der Waals surface area contributed by atoms with E-state index in [2.05, 4.69) is 29.6 Å². The van der Waals surface area contributed by atoms with Crippen LogP contribution in [0.25, 0.3) is 21.5 Å². The highest BCUT2D eigenvalue weighted by Crippen LogP contribution is 2.25. The highest BCUT2D eigenvalue weighted by molar-refractivity contribution is 5.99. The van der Waals surface area contributed by atoms with Gasteiger partial charge in [0.15, 0.2) is 0 Å². The van der Waals surface area contributed by atoms with Gasteiger partial charge in [0.25, 0.3) is 0 Å². The number of fused-ring (bicyclic) bond motifs is 2. The van der Waals surface area contributed by atoms with Crippen molar-refractivity contribution in [3.63, 3.8) is 0 Å². The average Bonchev–Trinajstić information content (AvgIpc) is 2.45. The van der Waals surface area contributed by atoms with E-state index < -0.39 is 12.0 Å². The number of aliphatic carboxylic acids is 1. The van der Waals surface area contributed by atoms with E-state index in [9.17, 15) is 4.79 Å². The molecule has 0 amide bonds. The molecular weight excluding hydrogens is 250 g/mol. The zero-order chi connectivity index (χ0) is 14.1. The molecule has 0 aliphatic rings. The molecule has 1 atom stereocenters. The number of nitrogens with one attached hydrogen (secondary N) is 1. The van der Waals surface area contributed by atoms with Crippen molar-refractivity contribution in [1.29, 1.82) is 0 Å². The summed E-state index contributed by atoms with van der Waals surface area (Å²) in [7, 11) is 0. The third-order valence-electron chi connectivity index (χ3n) is 3.46. The number of carboxylic acids is 1. The topological polar surface area (TPSA) is 49.3 Å². The Balaban J connectivity index is 2.06. The van der Waals surface area contributed by atoms with E-state index in [1.807, 2.05) is 30.3 Å². The molecule has 0 saturated carbocycles. The van der Waals surface area contributed by atoms with Gasteiger partial charge in [0.2, 0.25) is 0 Å². The zero-order valence-corrected chi connectivity index (χ0v) is 11.1. The molecule has 0 heterocycles. The first-order valence-electron chi connectivity index (χ1n) is 6.55. The molecule has 100 valence electrons. The van der Waals surface area contributed by atoms with Crippen molar-refractivity contribution in [2.45, 2.75) is 13.0 Å². The third-order valence-corrected chi connectivity index (χ3v) is 3.46. The van der Waals surface area contributed by atoms with Crippen molar-refractivity contribution < 1.29 is 9.90 Å². The number of carboxylic acid groups (broad SMARTS) is 1. The molecule has 3 aromatic rings. The molecule has 0 fully saturated rings. The molecule has 2 N–H and O–H groups in total. The molecule has 3 heteroatoms. The van der Waals surface area contributed by atoms with E-state index in [4.69, 9.17) is 5.11 Å². The van der Waals surface area contributed by atoms with E-state index in [1.165, 1.54) is 10.8 Å². The summed E-state index contributed by atoms with van der Waals surface area (Å²) in [5.74, 6) is -0.858. The standard InChI is InChI=1S/C17H15NO2/c1-11(17(19)20)18-16-7-6-14-8-12-4-2-3-5-13(12)9-15(14)10-16/h2-11,18H,1H3,(H,19,20). The molecule has 1 unspecified atom stereocenters. The van der Waals surface area contributed by atoms with Crippen LogP contribution in [0.2, 0.25) is 0 Å². The molecule has 0 aromatic heterocycles. The van der Waals surface area contributed by atoms with Crippen LogP contribution in [0, 0.1) is 0 Å². The first-order chi connectivity index (χ1) is 9.63. The summed E-state index contributed by atoms with van der Waals surface area (Å²) in [6.07, 6.45) is 0. The van der Waals surface area contributed by atoms with Crippen LogP contribution < -0.4 is 5.32 Å². The van der Waals surface area contributed by atoms with Gasteiger partial charge in [0.05, 0.1) is 0 Å². The maximum atomic E-state index is 10.9. The van der Waals surface area contributed by atoms with Crippen LogP contribution in [0.15, 0.2) is 54.6 Å². The maximum absolute atomic E-state index is 10.9. The van der Waals surface area contributed by atoms with Crippen molar-refractivity contribution in [1.82, 2.24) is 0 Å². The van der Waals surface area contributed by atoms with Gasteiger partial charge >= 0.3 is 5.97 Å². The van der Waals surface area contributed by atoms with Crippen molar-refractivity contribution in [3.05, 3.63) is 54.6 Å². The fourth-order valence-corrected chi connectivity index (χ4v) is 2.34. The van der Waals surface area contributed by atoms with E-state index >= 15 is 0 Å². The lowest BCUT2D eigenvalue weighted by molar-refractivity contribution is -0.137. The van der Waals surface area contributed by atoms with Crippen LogP contribution in [-0.2, 0) is 4.79 Å². The van der Waals surface area contributed by atoms with Gasteiger partial charge in [-0.3, -0.25) is 4.79 Å². The maximum Gasteiger partial charge on any atom is 0.325 e. The molecule has 3 rings (SSSR count). The Labute approximate surface area is 116 Å². The van der Waals surface area contributed by atoms with Gasteiger partial charge in [-0.15, -0.1) is 0 Å². The molecular formula is C17H15NO2. The quantitative estimate of drug-likeness (QED) is 0.706. The van der Waals surface area contributed by atoms with Crippen molar-refractivity contribution in [3.8, 4) is 0 Å². The summed E-state index contributed by atoms with van der Waals surface area (Å²) in [4.78, 5) is 10.9. The van der Waals surface area contributed by atoms with Gasteiger partial charge in [-0.05, 0) is 52.7 Å². The minimum atomic E-state index is -0.858. The number of hydrogen-bond acceptors (Lipinski definition) is 2. The van der Waals surface area contributed by atoms with Gasteiger partial charge in [-0.25, -0.2) is 0 Å². The molecule has 0 radical (unpaired) electrons. The van der Waals surface area contributed by atoms with E-state index in [-0.39, 0.29) is 0 Å². The first-order valence-corrected chi connectivity index (χ1v) is 6.55. The SMILES string of the molecule is CC(Nc1ccc2cc3ccccc3cc2c1)C(=O)O. The second-order valence-electron chi connectivity index (χ2n) is 4.97. The van der Waals surface area contributed by atoms with E-state index in [0.29, 0.717) is 0 Å². The van der Waals surface area contributed by atoms with Gasteiger partial charge in [-0.2, -0.15) is 0 Å². The zero-order valence-electron chi connectivity index (χ0n) is 11.1. The molecule has 3 aromatic carbocycles. The van der Waals surface area contributed by atoms with Crippen molar-refractivity contribution in [2.75, 3.05) is 5.32 Å². The number of hydrogen-bond donors (Lipinski definition) is 2. The minimum absolute atomic E-state index is 0.604. The average molecular weight is 265 g/mol. The van der Waals surface area contributed by atoms with Crippen LogP contribution in [0.1, 0.15) is 6.92 Å². The Morgan fingerprint density at radius 1 is 0.950 bits per heavy atom. The number of rotatable bonds is 3. The van der Waals surface area contributed by atoms with Gasteiger partial charge in [-0.1, -0.05) is 30.3 Å². The van der Waals surface area contributed by atoms with Gasteiger partial charge in [0.1, 0.15) is 6.04 Å². The van der Waals surface area contributed by atoms with Crippen molar-refractivity contribution in [2.24, 2.45) is 0 Å². The van der Waals surface area contributed by atoms with E-state index in [1.54, 1.807) is 6.92 Å². The van der Waals surface area contributed by atoms with Crippen LogP contribution in [0.4, 0.5) is 5.69 Å². The summed E-state index contributed by atoms with van der Waals surface area (Å²) in [6.45, 7) is 1.63. The minimum Gasteiger partial charge on any atom is -0.480 e. The third kappa shape index (κ3) is 2.30. The highest BCUT2D eigenvalue weighted by atomic mass is 16.4. The summed E-state index contributed by atoms with van der Waals surface area (Å²) in [6, 6.07) is 17.8. The molecule has 0 bridgehead atoms. The lowest BCUT2D eigenvalue weighted by Gasteiger charge is -2.11. The Bertz CT molecular complexity index is 795. The number of anilines is 1. The highest BCUT2D eigenvalue weighted by Gasteiger charge is 2.10. The molecule has 0 saturated heterocycles. The number of carbonyl (C=O) groups is 1. The van der Waals surface area contributed by atoms with Gasteiger partial charge < -0.3 is 10.4 Å². The largest absolute Gasteiger partial charge is 0.480 e. The smallest absolute Gasteiger partial charge is 0.325 e. The lowest BCUT2D eigenvalue weighted by atomic mass is 10.0. The number of benzene rings is 3. The summed E-state index contributed by atoms with van der Waals surface area (Å²) < 4.78 is 0. The molecule has 20 heavy (non-hydrogen) atoms. The summed E-state index contributed by atoms with van der Waals surface area (Å²) in [5, 5.41) is 16.6. The fraction of sp³-hybridized carbons (Fsp3) is 0.118. The fourth-order valence-electron chi connectivity index (χ4n) is 2.34. The normalized spacial score (nSPS) is 12.4. The van der Waals surface area contributed by atoms with Crippen LogP contribution in [0.3, 0.4) is 0 Å². The lowest BCUT2D eigenvalue weighted by Crippen LogP contribution is -2.25. The van der Waals surface area contributed by atoms with Crippen LogP contribution in [0.5, 0.6) is 0 Å². The Morgan fingerprint density at radius 2 is 1.55 bits per heavy atom. The molecule has 0 spiro atoms. The van der Waals surface area contributed by atoms with Crippen molar-refractivity contribution >= 4 is 33.2 Å².